The van der Waals surface area contributed by atoms with Crippen molar-refractivity contribution in [3.05, 3.63) is 0 Å². The Morgan fingerprint density at radius 1 is 1.32 bits per heavy atom. The van der Waals surface area contributed by atoms with Crippen molar-refractivity contribution in [3.63, 3.8) is 0 Å². The quantitative estimate of drug-likeness (QED) is 0.828. The molecule has 2 aliphatic rings. The van der Waals surface area contributed by atoms with E-state index in [1.807, 2.05) is 0 Å². The van der Waals surface area contributed by atoms with Crippen LogP contribution in [0.5, 0.6) is 0 Å². The van der Waals surface area contributed by atoms with Crippen LogP contribution in [0.25, 0.3) is 0 Å². The van der Waals surface area contributed by atoms with Gasteiger partial charge in [-0.2, -0.15) is 13.2 Å². The van der Waals surface area contributed by atoms with Crippen LogP contribution in [0, 0.1) is 0 Å². The topological polar surface area (TPSA) is 35.6 Å². The summed E-state index contributed by atoms with van der Waals surface area (Å²) in [4.78, 5) is 14.9. The SMILES string of the molecule is CC1CN(C(=O)CNC2CC2)CCN1CC(F)(F)F. The van der Waals surface area contributed by atoms with Crippen molar-refractivity contribution in [2.75, 3.05) is 32.7 Å². The summed E-state index contributed by atoms with van der Waals surface area (Å²) in [5, 5.41) is 3.13. The van der Waals surface area contributed by atoms with E-state index in [0.717, 1.165) is 12.8 Å². The minimum Gasteiger partial charge on any atom is -0.339 e. The van der Waals surface area contributed by atoms with Crippen molar-refractivity contribution in [1.29, 1.82) is 0 Å². The molecule has 0 aromatic heterocycles. The third kappa shape index (κ3) is 4.65. The predicted octanol–water partition coefficient (Wildman–Crippen LogP) is 0.833. The van der Waals surface area contributed by atoms with Crippen molar-refractivity contribution >= 4 is 5.91 Å². The highest BCUT2D eigenvalue weighted by Crippen LogP contribution is 2.21. The van der Waals surface area contributed by atoms with E-state index in [2.05, 4.69) is 5.32 Å². The van der Waals surface area contributed by atoms with E-state index in [1.165, 1.54) is 4.90 Å². The zero-order valence-electron chi connectivity index (χ0n) is 11.0. The molecule has 0 spiro atoms. The number of rotatable bonds is 4. The highest BCUT2D eigenvalue weighted by atomic mass is 19.4. The summed E-state index contributed by atoms with van der Waals surface area (Å²) < 4.78 is 37.1. The first-order valence-electron chi connectivity index (χ1n) is 6.67. The lowest BCUT2D eigenvalue weighted by molar-refractivity contribution is -0.157. The Morgan fingerprint density at radius 3 is 2.53 bits per heavy atom. The van der Waals surface area contributed by atoms with E-state index in [9.17, 15) is 18.0 Å². The summed E-state index contributed by atoms with van der Waals surface area (Å²) in [6.45, 7) is 2.19. The summed E-state index contributed by atoms with van der Waals surface area (Å²) in [6.07, 6.45) is -1.94. The van der Waals surface area contributed by atoms with E-state index in [0.29, 0.717) is 25.7 Å². The largest absolute Gasteiger partial charge is 0.401 e. The van der Waals surface area contributed by atoms with Gasteiger partial charge in [0.1, 0.15) is 0 Å². The number of nitrogens with zero attached hydrogens (tertiary/aromatic N) is 2. The first-order valence-corrected chi connectivity index (χ1v) is 6.67. The lowest BCUT2D eigenvalue weighted by Gasteiger charge is -2.40. The molecule has 1 aliphatic carbocycles. The monoisotopic (exact) mass is 279 g/mol. The van der Waals surface area contributed by atoms with Crippen molar-refractivity contribution in [2.45, 2.75) is 38.0 Å². The smallest absolute Gasteiger partial charge is 0.339 e. The van der Waals surface area contributed by atoms with Gasteiger partial charge in [0.05, 0.1) is 13.1 Å². The normalized spacial score (nSPS) is 25.7. The van der Waals surface area contributed by atoms with Crippen molar-refractivity contribution in [1.82, 2.24) is 15.1 Å². The summed E-state index contributed by atoms with van der Waals surface area (Å²) >= 11 is 0. The Labute approximate surface area is 110 Å². The van der Waals surface area contributed by atoms with E-state index >= 15 is 0 Å². The van der Waals surface area contributed by atoms with Crippen LogP contribution in [0.2, 0.25) is 0 Å². The molecule has 19 heavy (non-hydrogen) atoms. The van der Waals surface area contributed by atoms with Gasteiger partial charge in [-0.05, 0) is 19.8 Å². The third-order valence-corrected chi connectivity index (χ3v) is 3.62. The van der Waals surface area contributed by atoms with Gasteiger partial charge in [-0.25, -0.2) is 0 Å². The van der Waals surface area contributed by atoms with Gasteiger partial charge < -0.3 is 10.2 Å². The van der Waals surface area contributed by atoms with E-state index in [4.69, 9.17) is 0 Å². The fraction of sp³-hybridized carbons (Fsp3) is 0.917. The third-order valence-electron chi connectivity index (χ3n) is 3.62. The Hall–Kier alpha value is -0.820. The van der Waals surface area contributed by atoms with Crippen molar-refractivity contribution in [2.24, 2.45) is 0 Å². The molecule has 1 amide bonds. The second kappa shape index (κ2) is 5.66. The summed E-state index contributed by atoms with van der Waals surface area (Å²) in [6, 6.07) is 0.216. The Bertz CT molecular complexity index is 331. The highest BCUT2D eigenvalue weighted by Gasteiger charge is 2.36. The summed E-state index contributed by atoms with van der Waals surface area (Å²) in [5.41, 5.74) is 0. The number of hydrogen-bond donors (Lipinski definition) is 1. The van der Waals surface area contributed by atoms with Gasteiger partial charge in [0, 0.05) is 31.7 Å². The molecule has 1 heterocycles. The predicted molar refractivity (Wildman–Crippen MR) is 64.7 cm³/mol. The molecule has 0 aromatic carbocycles. The molecule has 2 fully saturated rings. The molecule has 1 unspecified atom stereocenters. The number of alkyl halides is 3. The van der Waals surface area contributed by atoms with Gasteiger partial charge in [0.25, 0.3) is 0 Å². The number of nitrogens with one attached hydrogen (secondary N) is 1. The van der Waals surface area contributed by atoms with Crippen LogP contribution in [0.1, 0.15) is 19.8 Å². The second-order valence-corrected chi connectivity index (χ2v) is 5.43. The highest BCUT2D eigenvalue weighted by molar-refractivity contribution is 5.78. The lowest BCUT2D eigenvalue weighted by Crippen LogP contribution is -2.56. The molecule has 1 saturated carbocycles. The van der Waals surface area contributed by atoms with Crippen LogP contribution < -0.4 is 5.32 Å². The minimum atomic E-state index is -4.17. The molecule has 1 N–H and O–H groups in total. The maximum Gasteiger partial charge on any atom is 0.401 e. The van der Waals surface area contributed by atoms with Crippen molar-refractivity contribution < 1.29 is 18.0 Å². The van der Waals surface area contributed by atoms with E-state index < -0.39 is 12.7 Å². The van der Waals surface area contributed by atoms with Crippen LogP contribution in [-0.4, -0.2) is 66.7 Å². The van der Waals surface area contributed by atoms with E-state index in [-0.39, 0.29) is 18.5 Å². The molecule has 0 bridgehead atoms. The Morgan fingerprint density at radius 2 is 2.00 bits per heavy atom. The molecule has 1 saturated heterocycles. The first kappa shape index (κ1) is 14.6. The van der Waals surface area contributed by atoms with Gasteiger partial charge in [-0.1, -0.05) is 0 Å². The average Bonchev–Trinajstić information content (AvgIpc) is 3.11. The maximum atomic E-state index is 12.4. The molecule has 1 atom stereocenters. The number of amides is 1. The average molecular weight is 279 g/mol. The first-order chi connectivity index (χ1) is 8.85. The van der Waals surface area contributed by atoms with Crippen molar-refractivity contribution in [3.8, 4) is 0 Å². The molecule has 4 nitrogen and oxygen atoms in total. The Kier molecular flexibility index (Phi) is 4.35. The van der Waals surface area contributed by atoms with E-state index in [1.54, 1.807) is 11.8 Å². The molecular weight excluding hydrogens is 259 g/mol. The lowest BCUT2D eigenvalue weighted by atomic mass is 10.2. The summed E-state index contributed by atoms with van der Waals surface area (Å²) in [5.74, 6) is -0.00888. The molecule has 0 aromatic rings. The fourth-order valence-corrected chi connectivity index (χ4v) is 2.32. The number of halogens is 3. The second-order valence-electron chi connectivity index (χ2n) is 5.43. The maximum absolute atomic E-state index is 12.4. The van der Waals surface area contributed by atoms with Gasteiger partial charge in [0.2, 0.25) is 5.91 Å². The van der Waals surface area contributed by atoms with Crippen LogP contribution in [0.15, 0.2) is 0 Å². The molecule has 0 radical (unpaired) electrons. The summed E-state index contributed by atoms with van der Waals surface area (Å²) in [7, 11) is 0. The van der Waals surface area contributed by atoms with Gasteiger partial charge >= 0.3 is 6.18 Å². The molecule has 7 heteroatoms. The zero-order chi connectivity index (χ0) is 14.0. The Balaban J connectivity index is 1.76. The number of carbonyl (C=O) groups is 1. The van der Waals surface area contributed by atoms with Crippen LogP contribution >= 0.6 is 0 Å². The van der Waals surface area contributed by atoms with Crippen LogP contribution in [-0.2, 0) is 4.79 Å². The zero-order valence-corrected chi connectivity index (χ0v) is 11.0. The number of carbonyl (C=O) groups excluding carboxylic acids is 1. The molecule has 110 valence electrons. The minimum absolute atomic E-state index is 0.00888. The van der Waals surface area contributed by atoms with Gasteiger partial charge in [0.15, 0.2) is 0 Å². The van der Waals surface area contributed by atoms with Crippen LogP contribution in [0.4, 0.5) is 13.2 Å². The number of hydrogen-bond acceptors (Lipinski definition) is 3. The standard InChI is InChI=1S/C12H20F3N3O/c1-9-7-17(11(19)6-16-10-2-3-10)4-5-18(9)8-12(13,14)15/h9-10,16H,2-8H2,1H3. The van der Waals surface area contributed by atoms with Gasteiger partial charge in [-0.15, -0.1) is 0 Å². The van der Waals surface area contributed by atoms with Gasteiger partial charge in [-0.3, -0.25) is 9.69 Å². The molecular formula is C12H20F3N3O. The fourth-order valence-electron chi connectivity index (χ4n) is 2.32. The number of piperazine rings is 1. The van der Waals surface area contributed by atoms with Crippen LogP contribution in [0.3, 0.4) is 0 Å². The molecule has 1 aliphatic heterocycles. The molecule has 2 rings (SSSR count).